The lowest BCUT2D eigenvalue weighted by Gasteiger charge is -2.12. The molecule has 2 heteroatoms. The Labute approximate surface area is 88.2 Å². The molecule has 0 fully saturated rings. The van der Waals surface area contributed by atoms with Crippen LogP contribution < -0.4 is 0 Å². The first-order valence-electron chi connectivity index (χ1n) is 4.49. The Bertz CT molecular complexity index is 239. The highest BCUT2D eigenvalue weighted by Gasteiger charge is 2.07. The molecule has 0 aliphatic heterocycles. The first-order chi connectivity index (χ1) is 6.31. The summed E-state index contributed by atoms with van der Waals surface area (Å²) >= 11 is 3.42. The fourth-order valence-electron chi connectivity index (χ4n) is 1.26. The zero-order chi connectivity index (χ0) is 9.68. The Hall–Kier alpha value is -0.340. The van der Waals surface area contributed by atoms with Gasteiger partial charge in [-0.15, -0.1) is 0 Å². The van der Waals surface area contributed by atoms with Crippen molar-refractivity contribution in [3.63, 3.8) is 0 Å². The third-order valence-corrected chi connectivity index (χ3v) is 2.77. The number of aryl methyl sites for hydroxylation is 1. The molecule has 0 saturated carbocycles. The molecule has 0 radical (unpaired) electrons. The molecule has 72 valence electrons. The molecule has 0 aliphatic rings. The lowest BCUT2D eigenvalue weighted by atomic mass is 10.1. The molecule has 1 unspecified atom stereocenters. The van der Waals surface area contributed by atoms with E-state index in [4.69, 9.17) is 4.74 Å². The quantitative estimate of drug-likeness (QED) is 0.737. The van der Waals surface area contributed by atoms with Crippen LogP contribution in [0, 0.1) is 0 Å². The summed E-state index contributed by atoms with van der Waals surface area (Å²) in [4.78, 5) is 0. The molecule has 0 bridgehead atoms. The van der Waals surface area contributed by atoms with E-state index in [1.54, 1.807) is 7.11 Å². The zero-order valence-electron chi connectivity index (χ0n) is 8.09. The van der Waals surface area contributed by atoms with Crippen LogP contribution in [0.25, 0.3) is 0 Å². The van der Waals surface area contributed by atoms with Gasteiger partial charge in [-0.2, -0.15) is 0 Å². The van der Waals surface area contributed by atoms with E-state index >= 15 is 0 Å². The van der Waals surface area contributed by atoms with Crippen molar-refractivity contribution in [3.05, 3.63) is 35.4 Å². The molecular weight excluding hydrogens is 228 g/mol. The maximum Gasteiger partial charge on any atom is 0.0917 e. The summed E-state index contributed by atoms with van der Waals surface area (Å²) in [5, 5.41) is 0.842. The van der Waals surface area contributed by atoms with Gasteiger partial charge in [-0.05, 0) is 17.5 Å². The van der Waals surface area contributed by atoms with Crippen LogP contribution in [0.15, 0.2) is 24.3 Å². The van der Waals surface area contributed by atoms with Crippen molar-refractivity contribution >= 4 is 15.9 Å². The number of halogens is 1. The maximum atomic E-state index is 5.31. The molecule has 1 atom stereocenters. The Morgan fingerprint density at radius 1 is 1.31 bits per heavy atom. The second-order valence-corrected chi connectivity index (χ2v) is 3.62. The molecule has 1 aromatic rings. The summed E-state index contributed by atoms with van der Waals surface area (Å²) in [6.07, 6.45) is 1.26. The topological polar surface area (TPSA) is 9.23 Å². The Kier molecular flexibility index (Phi) is 4.46. The Morgan fingerprint density at radius 2 is 1.92 bits per heavy atom. The van der Waals surface area contributed by atoms with E-state index in [0.717, 1.165) is 11.8 Å². The van der Waals surface area contributed by atoms with Gasteiger partial charge < -0.3 is 4.74 Å². The van der Waals surface area contributed by atoms with Crippen LogP contribution in [0.2, 0.25) is 0 Å². The average Bonchev–Trinajstić information content (AvgIpc) is 2.21. The molecule has 1 nitrogen and oxygen atoms in total. The van der Waals surface area contributed by atoms with Crippen molar-refractivity contribution in [1.82, 2.24) is 0 Å². The van der Waals surface area contributed by atoms with Gasteiger partial charge in [0, 0.05) is 12.4 Å². The zero-order valence-corrected chi connectivity index (χ0v) is 9.67. The standard InChI is InChI=1S/C11H15BrO/c1-3-9-4-6-10(7-5-9)11(8-12)13-2/h4-7,11H,3,8H2,1-2H3. The van der Waals surface area contributed by atoms with Crippen LogP contribution in [-0.4, -0.2) is 12.4 Å². The third kappa shape index (κ3) is 2.82. The fraction of sp³-hybridized carbons (Fsp3) is 0.455. The molecule has 0 spiro atoms. The first-order valence-corrected chi connectivity index (χ1v) is 5.61. The second kappa shape index (κ2) is 5.40. The lowest BCUT2D eigenvalue weighted by molar-refractivity contribution is 0.124. The Balaban J connectivity index is 2.78. The summed E-state index contributed by atoms with van der Waals surface area (Å²) in [6.45, 7) is 2.16. The van der Waals surface area contributed by atoms with Gasteiger partial charge >= 0.3 is 0 Å². The van der Waals surface area contributed by atoms with Crippen LogP contribution in [0.1, 0.15) is 24.2 Å². The molecule has 0 aliphatic carbocycles. The number of benzene rings is 1. The van der Waals surface area contributed by atoms with Crippen molar-refractivity contribution in [2.75, 3.05) is 12.4 Å². The molecule has 0 N–H and O–H groups in total. The summed E-state index contributed by atoms with van der Waals surface area (Å²) in [5.41, 5.74) is 2.60. The van der Waals surface area contributed by atoms with Crippen molar-refractivity contribution in [1.29, 1.82) is 0 Å². The summed E-state index contributed by atoms with van der Waals surface area (Å²) in [5.74, 6) is 0. The van der Waals surface area contributed by atoms with Crippen molar-refractivity contribution in [2.45, 2.75) is 19.4 Å². The minimum absolute atomic E-state index is 0.172. The molecule has 13 heavy (non-hydrogen) atoms. The van der Waals surface area contributed by atoms with Gasteiger partial charge in [0.05, 0.1) is 6.10 Å². The lowest BCUT2D eigenvalue weighted by Crippen LogP contribution is -2.02. The monoisotopic (exact) mass is 242 g/mol. The van der Waals surface area contributed by atoms with Gasteiger partial charge in [0.1, 0.15) is 0 Å². The highest BCUT2D eigenvalue weighted by molar-refractivity contribution is 9.09. The molecule has 0 aromatic heterocycles. The van der Waals surface area contributed by atoms with Crippen LogP contribution in [-0.2, 0) is 11.2 Å². The fourth-order valence-corrected chi connectivity index (χ4v) is 1.89. The minimum Gasteiger partial charge on any atom is -0.376 e. The van der Waals surface area contributed by atoms with E-state index in [-0.39, 0.29) is 6.10 Å². The second-order valence-electron chi connectivity index (χ2n) is 2.97. The first kappa shape index (κ1) is 10.7. The average molecular weight is 243 g/mol. The summed E-state index contributed by atoms with van der Waals surface area (Å²) in [7, 11) is 1.74. The van der Waals surface area contributed by atoms with E-state index in [1.165, 1.54) is 11.1 Å². The molecular formula is C11H15BrO. The molecule has 1 aromatic carbocycles. The van der Waals surface area contributed by atoms with E-state index in [9.17, 15) is 0 Å². The van der Waals surface area contributed by atoms with Gasteiger partial charge in [-0.25, -0.2) is 0 Å². The maximum absolute atomic E-state index is 5.31. The van der Waals surface area contributed by atoms with Gasteiger partial charge in [-0.3, -0.25) is 0 Å². The molecule has 1 rings (SSSR count). The number of ether oxygens (including phenoxy) is 1. The van der Waals surface area contributed by atoms with E-state index in [0.29, 0.717) is 0 Å². The number of methoxy groups -OCH3 is 1. The Morgan fingerprint density at radius 3 is 2.31 bits per heavy atom. The van der Waals surface area contributed by atoms with Gasteiger partial charge in [0.15, 0.2) is 0 Å². The van der Waals surface area contributed by atoms with Crippen LogP contribution >= 0.6 is 15.9 Å². The van der Waals surface area contributed by atoms with Crippen molar-refractivity contribution in [3.8, 4) is 0 Å². The van der Waals surface area contributed by atoms with Crippen LogP contribution in [0.5, 0.6) is 0 Å². The van der Waals surface area contributed by atoms with Gasteiger partial charge in [-0.1, -0.05) is 47.1 Å². The summed E-state index contributed by atoms with van der Waals surface area (Å²) in [6, 6.07) is 8.58. The summed E-state index contributed by atoms with van der Waals surface area (Å²) < 4.78 is 5.31. The number of hydrogen-bond acceptors (Lipinski definition) is 1. The highest BCUT2D eigenvalue weighted by atomic mass is 79.9. The minimum atomic E-state index is 0.172. The molecule has 0 saturated heterocycles. The largest absolute Gasteiger partial charge is 0.376 e. The van der Waals surface area contributed by atoms with Crippen LogP contribution in [0.4, 0.5) is 0 Å². The van der Waals surface area contributed by atoms with Crippen molar-refractivity contribution in [2.24, 2.45) is 0 Å². The molecule has 0 amide bonds. The van der Waals surface area contributed by atoms with Gasteiger partial charge in [0.25, 0.3) is 0 Å². The van der Waals surface area contributed by atoms with Crippen LogP contribution in [0.3, 0.4) is 0 Å². The normalized spacial score (nSPS) is 12.8. The van der Waals surface area contributed by atoms with E-state index in [2.05, 4.69) is 47.1 Å². The van der Waals surface area contributed by atoms with E-state index < -0.39 is 0 Å². The molecule has 0 heterocycles. The highest BCUT2D eigenvalue weighted by Crippen LogP contribution is 2.19. The van der Waals surface area contributed by atoms with Gasteiger partial charge in [0.2, 0.25) is 0 Å². The van der Waals surface area contributed by atoms with E-state index in [1.807, 2.05) is 0 Å². The smallest absolute Gasteiger partial charge is 0.0917 e. The SMILES string of the molecule is CCc1ccc(C(CBr)OC)cc1. The number of alkyl halides is 1. The predicted octanol–water partition coefficient (Wildman–Crippen LogP) is 3.33. The number of hydrogen-bond donors (Lipinski definition) is 0. The number of rotatable bonds is 4. The van der Waals surface area contributed by atoms with Crippen molar-refractivity contribution < 1.29 is 4.74 Å². The predicted molar refractivity (Wildman–Crippen MR) is 59.4 cm³/mol. The third-order valence-electron chi connectivity index (χ3n) is 2.18.